The van der Waals surface area contributed by atoms with Crippen LogP contribution in [0.25, 0.3) is 0 Å². The highest BCUT2D eigenvalue weighted by atomic mass is 32.2. The molecule has 0 bridgehead atoms. The molecule has 0 spiro atoms. The first-order valence-corrected chi connectivity index (χ1v) is 8.69. The SMILES string of the molecule is CCCNC(C)c1csc(NS(=O)(=O)NC(C)C)n1. The van der Waals surface area contributed by atoms with Gasteiger partial charge in [-0.3, -0.25) is 0 Å². The third kappa shape index (κ3) is 5.85. The number of thiazole rings is 1. The number of anilines is 1. The number of hydrogen-bond donors (Lipinski definition) is 3. The molecule has 0 radical (unpaired) electrons. The second-order valence-corrected chi connectivity index (χ2v) is 6.94. The van der Waals surface area contributed by atoms with E-state index in [1.807, 2.05) is 12.3 Å². The second-order valence-electron chi connectivity index (χ2n) is 4.63. The van der Waals surface area contributed by atoms with E-state index in [9.17, 15) is 8.42 Å². The third-order valence-electron chi connectivity index (χ3n) is 2.28. The Labute approximate surface area is 119 Å². The van der Waals surface area contributed by atoms with Gasteiger partial charge in [-0.15, -0.1) is 11.3 Å². The molecule has 1 aromatic heterocycles. The van der Waals surface area contributed by atoms with Crippen LogP contribution in [0.5, 0.6) is 0 Å². The van der Waals surface area contributed by atoms with Crippen LogP contribution < -0.4 is 14.8 Å². The van der Waals surface area contributed by atoms with E-state index < -0.39 is 10.2 Å². The van der Waals surface area contributed by atoms with Crippen LogP contribution in [-0.2, 0) is 10.2 Å². The number of hydrogen-bond acceptors (Lipinski definition) is 5. The van der Waals surface area contributed by atoms with Gasteiger partial charge in [0.05, 0.1) is 5.69 Å². The van der Waals surface area contributed by atoms with Gasteiger partial charge >= 0.3 is 10.2 Å². The zero-order valence-corrected chi connectivity index (χ0v) is 13.4. The molecule has 1 unspecified atom stereocenters. The van der Waals surface area contributed by atoms with Crippen molar-refractivity contribution in [3.63, 3.8) is 0 Å². The number of nitrogens with zero attached hydrogens (tertiary/aromatic N) is 1. The van der Waals surface area contributed by atoms with Gasteiger partial charge in [0, 0.05) is 17.5 Å². The maximum atomic E-state index is 11.7. The van der Waals surface area contributed by atoms with Gasteiger partial charge in [-0.1, -0.05) is 6.92 Å². The first-order valence-electron chi connectivity index (χ1n) is 6.33. The van der Waals surface area contributed by atoms with E-state index in [2.05, 4.69) is 26.7 Å². The summed E-state index contributed by atoms with van der Waals surface area (Å²) in [6.07, 6.45) is 1.05. The Morgan fingerprint density at radius 3 is 2.63 bits per heavy atom. The molecule has 0 amide bonds. The van der Waals surface area contributed by atoms with Gasteiger partial charge in [0.2, 0.25) is 0 Å². The van der Waals surface area contributed by atoms with Crippen LogP contribution >= 0.6 is 11.3 Å². The number of aromatic nitrogens is 1. The average Bonchev–Trinajstić information content (AvgIpc) is 2.71. The second kappa shape index (κ2) is 7.18. The van der Waals surface area contributed by atoms with Crippen molar-refractivity contribution in [2.75, 3.05) is 11.3 Å². The van der Waals surface area contributed by atoms with Gasteiger partial charge in [-0.05, 0) is 33.7 Å². The Bertz CT molecular complexity index is 485. The van der Waals surface area contributed by atoms with Crippen LogP contribution in [-0.4, -0.2) is 26.0 Å². The highest BCUT2D eigenvalue weighted by Gasteiger charge is 2.15. The summed E-state index contributed by atoms with van der Waals surface area (Å²) in [5.74, 6) is 0. The first kappa shape index (κ1) is 16.4. The van der Waals surface area contributed by atoms with Gasteiger partial charge in [0.1, 0.15) is 0 Å². The molecule has 19 heavy (non-hydrogen) atoms. The van der Waals surface area contributed by atoms with E-state index in [1.165, 1.54) is 11.3 Å². The van der Waals surface area contributed by atoms with E-state index in [-0.39, 0.29) is 12.1 Å². The van der Waals surface area contributed by atoms with Crippen molar-refractivity contribution in [1.82, 2.24) is 15.0 Å². The summed E-state index contributed by atoms with van der Waals surface area (Å²) in [6, 6.07) is -0.0328. The lowest BCUT2D eigenvalue weighted by Crippen LogP contribution is -2.35. The molecular formula is C11H22N4O2S2. The maximum Gasteiger partial charge on any atom is 0.301 e. The van der Waals surface area contributed by atoms with Crippen molar-refractivity contribution in [3.8, 4) is 0 Å². The maximum absolute atomic E-state index is 11.7. The topological polar surface area (TPSA) is 83.1 Å². The Balaban J connectivity index is 2.64. The molecule has 1 heterocycles. The van der Waals surface area contributed by atoms with Crippen molar-refractivity contribution in [2.24, 2.45) is 0 Å². The summed E-state index contributed by atoms with van der Waals surface area (Å²) >= 11 is 1.28. The zero-order valence-electron chi connectivity index (χ0n) is 11.7. The molecule has 0 aromatic carbocycles. The summed E-state index contributed by atoms with van der Waals surface area (Å²) in [6.45, 7) is 8.55. The monoisotopic (exact) mass is 306 g/mol. The molecule has 0 fully saturated rings. The highest BCUT2D eigenvalue weighted by molar-refractivity contribution is 7.91. The van der Waals surface area contributed by atoms with Crippen LogP contribution in [0, 0.1) is 0 Å². The summed E-state index contributed by atoms with van der Waals surface area (Å²) in [4.78, 5) is 4.28. The van der Waals surface area contributed by atoms with Gasteiger partial charge < -0.3 is 5.32 Å². The Morgan fingerprint density at radius 2 is 2.05 bits per heavy atom. The van der Waals surface area contributed by atoms with Crippen LogP contribution in [0.2, 0.25) is 0 Å². The molecule has 0 aliphatic heterocycles. The number of nitrogens with one attached hydrogen (secondary N) is 3. The van der Waals surface area contributed by atoms with E-state index in [0.717, 1.165) is 18.7 Å². The minimum atomic E-state index is -3.54. The van der Waals surface area contributed by atoms with Crippen LogP contribution in [0.1, 0.15) is 45.9 Å². The Morgan fingerprint density at radius 1 is 1.37 bits per heavy atom. The molecule has 3 N–H and O–H groups in total. The summed E-state index contributed by atoms with van der Waals surface area (Å²) < 4.78 is 28.3. The summed E-state index contributed by atoms with van der Waals surface area (Å²) in [7, 11) is -3.54. The fraction of sp³-hybridized carbons (Fsp3) is 0.727. The molecule has 0 aliphatic rings. The normalized spacial score (nSPS) is 13.7. The van der Waals surface area contributed by atoms with E-state index in [4.69, 9.17) is 0 Å². The molecule has 6 nitrogen and oxygen atoms in total. The largest absolute Gasteiger partial charge is 0.309 e. The lowest BCUT2D eigenvalue weighted by Gasteiger charge is -2.10. The molecule has 1 atom stereocenters. The van der Waals surface area contributed by atoms with E-state index in [1.54, 1.807) is 13.8 Å². The number of rotatable bonds is 8. The zero-order chi connectivity index (χ0) is 14.5. The molecular weight excluding hydrogens is 284 g/mol. The minimum Gasteiger partial charge on any atom is -0.309 e. The predicted octanol–water partition coefficient (Wildman–Crippen LogP) is 1.86. The van der Waals surface area contributed by atoms with Gasteiger partial charge in [-0.25, -0.2) is 9.71 Å². The first-order chi connectivity index (χ1) is 8.84. The minimum absolute atomic E-state index is 0.118. The average molecular weight is 306 g/mol. The van der Waals surface area contributed by atoms with Gasteiger partial charge in [0.15, 0.2) is 5.13 Å². The molecule has 0 saturated heterocycles. The Hall–Kier alpha value is -0.700. The van der Waals surface area contributed by atoms with Gasteiger partial charge in [0.25, 0.3) is 0 Å². The molecule has 0 aliphatic carbocycles. The summed E-state index contributed by atoms with van der Waals surface area (Å²) in [5, 5.41) is 5.55. The lowest BCUT2D eigenvalue weighted by atomic mass is 10.2. The molecule has 1 aromatic rings. The quantitative estimate of drug-likeness (QED) is 0.684. The molecule has 1 rings (SSSR count). The van der Waals surface area contributed by atoms with Gasteiger partial charge in [-0.2, -0.15) is 13.1 Å². The Kier molecular flexibility index (Phi) is 6.18. The van der Waals surface area contributed by atoms with Crippen LogP contribution in [0.15, 0.2) is 5.38 Å². The van der Waals surface area contributed by atoms with Crippen molar-refractivity contribution in [3.05, 3.63) is 11.1 Å². The fourth-order valence-corrected chi connectivity index (χ4v) is 3.58. The third-order valence-corrected chi connectivity index (χ3v) is 4.43. The van der Waals surface area contributed by atoms with Crippen LogP contribution in [0.3, 0.4) is 0 Å². The molecule has 0 saturated carbocycles. The predicted molar refractivity (Wildman–Crippen MR) is 79.6 cm³/mol. The summed E-state index contributed by atoms with van der Waals surface area (Å²) in [5.41, 5.74) is 0.848. The van der Waals surface area contributed by atoms with Crippen molar-refractivity contribution < 1.29 is 8.42 Å². The van der Waals surface area contributed by atoms with Crippen molar-refractivity contribution in [1.29, 1.82) is 0 Å². The smallest absolute Gasteiger partial charge is 0.301 e. The van der Waals surface area contributed by atoms with E-state index >= 15 is 0 Å². The standard InChI is InChI=1S/C11H22N4O2S2/c1-5-6-12-9(4)10-7-18-11(13-10)15-19(16,17)14-8(2)3/h7-9,12,14H,5-6H2,1-4H3,(H,13,15). The fourth-order valence-electron chi connectivity index (χ4n) is 1.45. The van der Waals surface area contributed by atoms with Crippen molar-refractivity contribution in [2.45, 2.75) is 46.2 Å². The highest BCUT2D eigenvalue weighted by Crippen LogP contribution is 2.21. The molecule has 110 valence electrons. The lowest BCUT2D eigenvalue weighted by molar-refractivity contribution is 0.561. The van der Waals surface area contributed by atoms with E-state index in [0.29, 0.717) is 5.13 Å². The van der Waals surface area contributed by atoms with Crippen molar-refractivity contribution >= 4 is 26.7 Å². The molecule has 8 heteroatoms. The van der Waals surface area contributed by atoms with Crippen LogP contribution in [0.4, 0.5) is 5.13 Å².